The van der Waals surface area contributed by atoms with Crippen molar-refractivity contribution in [1.29, 1.82) is 0 Å². The second kappa shape index (κ2) is 6.18. The van der Waals surface area contributed by atoms with Crippen molar-refractivity contribution in [3.63, 3.8) is 0 Å². The molecular formula is C16H19NO3S. The normalized spacial score (nSPS) is 12.9. The number of sulfonamides is 1. The molecule has 0 fully saturated rings. The molecule has 0 aliphatic carbocycles. The SMILES string of the molecule is CC(CS(=O)(=O)N(C)c1cccc(O)c1)c1ccccc1. The van der Waals surface area contributed by atoms with Gasteiger partial charge in [-0.2, -0.15) is 0 Å². The molecule has 0 aliphatic rings. The molecule has 1 atom stereocenters. The van der Waals surface area contributed by atoms with Crippen LogP contribution in [0.25, 0.3) is 0 Å². The third kappa shape index (κ3) is 3.76. The summed E-state index contributed by atoms with van der Waals surface area (Å²) in [5.41, 5.74) is 1.45. The van der Waals surface area contributed by atoms with Gasteiger partial charge in [0.1, 0.15) is 5.75 Å². The first-order valence-electron chi connectivity index (χ1n) is 6.71. The maximum absolute atomic E-state index is 12.5. The lowest BCUT2D eigenvalue weighted by Gasteiger charge is -2.22. The number of anilines is 1. The Labute approximate surface area is 125 Å². The molecule has 0 aromatic heterocycles. The van der Waals surface area contributed by atoms with Crippen LogP contribution in [-0.4, -0.2) is 26.3 Å². The molecule has 0 heterocycles. The molecule has 2 aromatic carbocycles. The van der Waals surface area contributed by atoms with Crippen molar-refractivity contribution in [2.24, 2.45) is 0 Å². The second-order valence-electron chi connectivity index (χ2n) is 5.08. The minimum atomic E-state index is -3.46. The van der Waals surface area contributed by atoms with E-state index in [-0.39, 0.29) is 17.4 Å². The van der Waals surface area contributed by atoms with Gasteiger partial charge in [0.15, 0.2) is 0 Å². The van der Waals surface area contributed by atoms with E-state index < -0.39 is 10.0 Å². The Kier molecular flexibility index (Phi) is 4.53. The van der Waals surface area contributed by atoms with Crippen LogP contribution in [0.1, 0.15) is 18.4 Å². The molecule has 5 heteroatoms. The summed E-state index contributed by atoms with van der Waals surface area (Å²) in [6.07, 6.45) is 0. The smallest absolute Gasteiger partial charge is 0.235 e. The van der Waals surface area contributed by atoms with E-state index in [0.29, 0.717) is 5.69 Å². The van der Waals surface area contributed by atoms with Gasteiger partial charge in [0.2, 0.25) is 10.0 Å². The fraction of sp³-hybridized carbons (Fsp3) is 0.250. The number of phenols is 1. The largest absolute Gasteiger partial charge is 0.508 e. The summed E-state index contributed by atoms with van der Waals surface area (Å²) in [4.78, 5) is 0. The predicted molar refractivity (Wildman–Crippen MR) is 85.2 cm³/mol. The van der Waals surface area contributed by atoms with Crippen LogP contribution in [0.4, 0.5) is 5.69 Å². The highest BCUT2D eigenvalue weighted by Crippen LogP contribution is 2.24. The summed E-state index contributed by atoms with van der Waals surface area (Å²) in [5, 5.41) is 9.47. The van der Waals surface area contributed by atoms with Gasteiger partial charge >= 0.3 is 0 Å². The molecule has 1 unspecified atom stereocenters. The van der Waals surface area contributed by atoms with Gasteiger partial charge in [-0.3, -0.25) is 4.31 Å². The molecule has 0 radical (unpaired) electrons. The molecule has 2 rings (SSSR count). The number of hydrogen-bond acceptors (Lipinski definition) is 3. The Morgan fingerprint density at radius 3 is 2.38 bits per heavy atom. The molecule has 4 nitrogen and oxygen atoms in total. The number of nitrogens with zero attached hydrogens (tertiary/aromatic N) is 1. The lowest BCUT2D eigenvalue weighted by atomic mass is 10.0. The third-order valence-electron chi connectivity index (χ3n) is 3.44. The van der Waals surface area contributed by atoms with Crippen LogP contribution in [0.5, 0.6) is 5.75 Å². The summed E-state index contributed by atoms with van der Waals surface area (Å²) in [6, 6.07) is 15.8. The Balaban J connectivity index is 2.18. The van der Waals surface area contributed by atoms with Gasteiger partial charge in [-0.05, 0) is 23.6 Å². The molecule has 0 saturated carbocycles. The first-order valence-corrected chi connectivity index (χ1v) is 8.31. The maximum atomic E-state index is 12.5. The Bertz CT molecular complexity index is 698. The number of aromatic hydroxyl groups is 1. The van der Waals surface area contributed by atoms with Gasteiger partial charge in [-0.1, -0.05) is 43.3 Å². The molecule has 0 spiro atoms. The van der Waals surface area contributed by atoms with E-state index in [0.717, 1.165) is 5.56 Å². The van der Waals surface area contributed by atoms with Crippen LogP contribution < -0.4 is 4.31 Å². The van der Waals surface area contributed by atoms with Gasteiger partial charge < -0.3 is 5.11 Å². The second-order valence-corrected chi connectivity index (χ2v) is 7.12. The van der Waals surface area contributed by atoms with E-state index in [4.69, 9.17) is 0 Å². The van der Waals surface area contributed by atoms with Crippen LogP contribution in [0.15, 0.2) is 54.6 Å². The third-order valence-corrected chi connectivity index (χ3v) is 5.41. The van der Waals surface area contributed by atoms with E-state index in [1.165, 1.54) is 23.5 Å². The van der Waals surface area contributed by atoms with Crippen molar-refractivity contribution in [1.82, 2.24) is 0 Å². The molecule has 0 saturated heterocycles. The average Bonchev–Trinajstić information content (AvgIpc) is 2.47. The fourth-order valence-electron chi connectivity index (χ4n) is 2.16. The van der Waals surface area contributed by atoms with Crippen LogP contribution in [0.2, 0.25) is 0 Å². The summed E-state index contributed by atoms with van der Waals surface area (Å²) >= 11 is 0. The van der Waals surface area contributed by atoms with Gasteiger partial charge in [0, 0.05) is 13.1 Å². The lowest BCUT2D eigenvalue weighted by molar-refractivity contribution is 0.475. The van der Waals surface area contributed by atoms with Gasteiger partial charge in [0.25, 0.3) is 0 Å². The van der Waals surface area contributed by atoms with E-state index >= 15 is 0 Å². The van der Waals surface area contributed by atoms with Crippen molar-refractivity contribution in [3.8, 4) is 5.75 Å². The van der Waals surface area contributed by atoms with Crippen molar-refractivity contribution in [3.05, 3.63) is 60.2 Å². The monoisotopic (exact) mass is 305 g/mol. The van der Waals surface area contributed by atoms with Crippen LogP contribution in [0.3, 0.4) is 0 Å². The highest BCUT2D eigenvalue weighted by Gasteiger charge is 2.22. The number of rotatable bonds is 5. The standard InChI is InChI=1S/C16H19NO3S/c1-13(14-7-4-3-5-8-14)12-21(19,20)17(2)15-9-6-10-16(18)11-15/h3-11,13,18H,12H2,1-2H3. The quantitative estimate of drug-likeness (QED) is 0.924. The van der Waals surface area contributed by atoms with Gasteiger partial charge in [0.05, 0.1) is 11.4 Å². The van der Waals surface area contributed by atoms with Crippen molar-refractivity contribution in [2.75, 3.05) is 17.1 Å². The highest BCUT2D eigenvalue weighted by molar-refractivity contribution is 7.92. The van der Waals surface area contributed by atoms with E-state index in [2.05, 4.69) is 0 Å². The summed E-state index contributed by atoms with van der Waals surface area (Å²) in [7, 11) is -1.95. The Hall–Kier alpha value is -2.01. The number of phenolic OH excluding ortho intramolecular Hbond substituents is 1. The first-order chi connectivity index (χ1) is 9.90. The molecule has 2 aromatic rings. The topological polar surface area (TPSA) is 57.6 Å². The van der Waals surface area contributed by atoms with Crippen LogP contribution in [-0.2, 0) is 10.0 Å². The number of benzene rings is 2. The maximum Gasteiger partial charge on any atom is 0.235 e. The van der Waals surface area contributed by atoms with Crippen LogP contribution in [0, 0.1) is 0 Å². The molecule has 112 valence electrons. The zero-order valence-corrected chi connectivity index (χ0v) is 12.9. The van der Waals surface area contributed by atoms with Gasteiger partial charge in [-0.25, -0.2) is 8.42 Å². The Morgan fingerprint density at radius 1 is 1.10 bits per heavy atom. The van der Waals surface area contributed by atoms with E-state index in [9.17, 15) is 13.5 Å². The molecule has 0 amide bonds. The molecule has 21 heavy (non-hydrogen) atoms. The molecule has 0 bridgehead atoms. The van der Waals surface area contributed by atoms with E-state index in [1.54, 1.807) is 12.1 Å². The molecule has 1 N–H and O–H groups in total. The average molecular weight is 305 g/mol. The van der Waals surface area contributed by atoms with Crippen molar-refractivity contribution >= 4 is 15.7 Å². The minimum absolute atomic E-state index is 0.0170. The van der Waals surface area contributed by atoms with E-state index in [1.807, 2.05) is 37.3 Å². The molecule has 0 aliphatic heterocycles. The Morgan fingerprint density at radius 2 is 1.76 bits per heavy atom. The molecular weight excluding hydrogens is 286 g/mol. The van der Waals surface area contributed by atoms with Crippen molar-refractivity contribution in [2.45, 2.75) is 12.8 Å². The van der Waals surface area contributed by atoms with Crippen LogP contribution >= 0.6 is 0 Å². The first kappa shape index (κ1) is 15.4. The zero-order valence-electron chi connectivity index (χ0n) is 12.1. The summed E-state index contributed by atoms with van der Waals surface area (Å²) in [6.45, 7) is 1.89. The zero-order chi connectivity index (χ0) is 15.5. The van der Waals surface area contributed by atoms with Crippen molar-refractivity contribution < 1.29 is 13.5 Å². The fourth-order valence-corrected chi connectivity index (χ4v) is 3.64. The highest BCUT2D eigenvalue weighted by atomic mass is 32.2. The van der Waals surface area contributed by atoms with Gasteiger partial charge in [-0.15, -0.1) is 0 Å². The summed E-state index contributed by atoms with van der Waals surface area (Å²) in [5.74, 6) is -0.0370. The summed E-state index contributed by atoms with van der Waals surface area (Å²) < 4.78 is 26.2. The number of hydrogen-bond donors (Lipinski definition) is 1. The predicted octanol–water partition coefficient (Wildman–Crippen LogP) is 2.96. The lowest BCUT2D eigenvalue weighted by Crippen LogP contribution is -2.30. The minimum Gasteiger partial charge on any atom is -0.508 e.